The van der Waals surface area contributed by atoms with Gasteiger partial charge in [0.1, 0.15) is 11.9 Å². The van der Waals surface area contributed by atoms with Gasteiger partial charge in [0.05, 0.1) is 11.1 Å². The van der Waals surface area contributed by atoms with Gasteiger partial charge in [-0.2, -0.15) is 0 Å². The van der Waals surface area contributed by atoms with Crippen LogP contribution in [0.25, 0.3) is 16.7 Å². The molecular weight excluding hydrogens is 386 g/mol. The van der Waals surface area contributed by atoms with Crippen LogP contribution in [0.15, 0.2) is 90.7 Å². The molecule has 0 radical (unpaired) electrons. The summed E-state index contributed by atoms with van der Waals surface area (Å²) >= 11 is 0. The Morgan fingerprint density at radius 2 is 1.45 bits per heavy atom. The predicted molar refractivity (Wildman–Crippen MR) is 123 cm³/mol. The van der Waals surface area contributed by atoms with Crippen molar-refractivity contribution in [3.8, 4) is 11.1 Å². The Morgan fingerprint density at radius 1 is 0.871 bits per heavy atom. The zero-order valence-electron chi connectivity index (χ0n) is 18.1. The highest BCUT2D eigenvalue weighted by molar-refractivity contribution is 6.20. The van der Waals surface area contributed by atoms with Crippen LogP contribution >= 0.6 is 0 Å². The normalized spacial score (nSPS) is 15.6. The number of ether oxygens (including phenoxy) is 1. The summed E-state index contributed by atoms with van der Waals surface area (Å²) in [5.74, 6) is 0.460. The highest BCUT2D eigenvalue weighted by Crippen LogP contribution is 2.37. The predicted octanol–water partition coefficient (Wildman–Crippen LogP) is 5.41. The van der Waals surface area contributed by atoms with Crippen LogP contribution in [0.4, 0.5) is 0 Å². The molecule has 1 amide bonds. The minimum atomic E-state index is -0.890. The fraction of sp³-hybridized carbons (Fsp3) is 0.222. The van der Waals surface area contributed by atoms with E-state index in [1.807, 2.05) is 106 Å². The standard InChI is InChI=1S/C27H27NO3/c1-19-24(21-13-8-5-9-14-21)26(30)28(18-31-19)27(2,3)25(29)23-16-10-15-22(17-23)20-11-6-4-7-12-20/h4-17,25,29H,18H2,1-3H3. The largest absolute Gasteiger partial charge is 0.477 e. The molecule has 1 aliphatic rings. The number of aliphatic hydroxyl groups is 1. The number of amides is 1. The van der Waals surface area contributed by atoms with E-state index < -0.39 is 11.6 Å². The van der Waals surface area contributed by atoms with Crippen molar-refractivity contribution >= 4 is 11.5 Å². The quantitative estimate of drug-likeness (QED) is 0.608. The number of benzene rings is 3. The average Bonchev–Trinajstić information content (AvgIpc) is 2.80. The first kappa shape index (κ1) is 20.9. The van der Waals surface area contributed by atoms with Crippen molar-refractivity contribution in [2.45, 2.75) is 32.4 Å². The lowest BCUT2D eigenvalue weighted by molar-refractivity contribution is -0.146. The Hall–Kier alpha value is -3.37. The Kier molecular flexibility index (Phi) is 5.66. The first-order valence-corrected chi connectivity index (χ1v) is 10.4. The third kappa shape index (κ3) is 3.99. The monoisotopic (exact) mass is 413 g/mol. The van der Waals surface area contributed by atoms with Crippen molar-refractivity contribution in [1.29, 1.82) is 0 Å². The Balaban J connectivity index is 1.65. The number of hydrogen-bond donors (Lipinski definition) is 1. The number of aliphatic hydroxyl groups excluding tert-OH is 1. The summed E-state index contributed by atoms with van der Waals surface area (Å²) in [5, 5.41) is 11.3. The van der Waals surface area contributed by atoms with Crippen LogP contribution in [0.2, 0.25) is 0 Å². The summed E-state index contributed by atoms with van der Waals surface area (Å²) < 4.78 is 5.87. The number of carbonyl (C=O) groups is 1. The molecule has 0 saturated heterocycles. The molecule has 0 fully saturated rings. The molecule has 4 rings (SSSR count). The summed E-state index contributed by atoms with van der Waals surface area (Å²) in [5.41, 5.74) is 3.32. The second-order valence-corrected chi connectivity index (χ2v) is 8.35. The maximum absolute atomic E-state index is 13.5. The van der Waals surface area contributed by atoms with E-state index in [0.717, 1.165) is 22.3 Å². The topological polar surface area (TPSA) is 49.8 Å². The fourth-order valence-corrected chi connectivity index (χ4v) is 4.01. The van der Waals surface area contributed by atoms with Crippen molar-refractivity contribution < 1.29 is 14.6 Å². The minimum absolute atomic E-state index is 0.101. The zero-order chi connectivity index (χ0) is 22.0. The molecule has 1 aliphatic heterocycles. The van der Waals surface area contributed by atoms with Crippen LogP contribution in [0, 0.1) is 0 Å². The van der Waals surface area contributed by atoms with Crippen LogP contribution in [0.1, 0.15) is 38.0 Å². The Bertz CT molecular complexity index is 1100. The maximum atomic E-state index is 13.5. The third-order valence-electron chi connectivity index (χ3n) is 5.96. The van der Waals surface area contributed by atoms with Gasteiger partial charge in [-0.1, -0.05) is 78.9 Å². The van der Waals surface area contributed by atoms with Gasteiger partial charge in [0.15, 0.2) is 6.73 Å². The Morgan fingerprint density at radius 3 is 2.10 bits per heavy atom. The molecule has 4 heteroatoms. The number of carbonyl (C=O) groups excluding carboxylic acids is 1. The van der Waals surface area contributed by atoms with Gasteiger partial charge in [0.2, 0.25) is 0 Å². The maximum Gasteiger partial charge on any atom is 0.261 e. The van der Waals surface area contributed by atoms with E-state index in [1.165, 1.54) is 0 Å². The number of hydrogen-bond acceptors (Lipinski definition) is 3. The molecule has 1 N–H and O–H groups in total. The van der Waals surface area contributed by atoms with Crippen LogP contribution in [0.3, 0.4) is 0 Å². The van der Waals surface area contributed by atoms with Crippen molar-refractivity contribution in [1.82, 2.24) is 4.90 Å². The molecule has 1 heterocycles. The summed E-state index contributed by atoms with van der Waals surface area (Å²) in [6, 6.07) is 27.4. The second-order valence-electron chi connectivity index (χ2n) is 8.35. The number of nitrogens with zero attached hydrogens (tertiary/aromatic N) is 1. The van der Waals surface area contributed by atoms with E-state index in [9.17, 15) is 9.90 Å². The van der Waals surface area contributed by atoms with Gasteiger partial charge in [-0.25, -0.2) is 0 Å². The molecule has 31 heavy (non-hydrogen) atoms. The van der Waals surface area contributed by atoms with Crippen LogP contribution < -0.4 is 0 Å². The highest BCUT2D eigenvalue weighted by atomic mass is 16.5. The lowest BCUT2D eigenvalue weighted by Crippen LogP contribution is -2.54. The Labute approximate surface area is 183 Å². The first-order chi connectivity index (χ1) is 14.9. The van der Waals surface area contributed by atoms with E-state index >= 15 is 0 Å². The smallest absolute Gasteiger partial charge is 0.261 e. The molecule has 1 atom stereocenters. The molecule has 0 aliphatic carbocycles. The van der Waals surface area contributed by atoms with E-state index in [0.29, 0.717) is 11.3 Å². The van der Waals surface area contributed by atoms with Gasteiger partial charge in [-0.05, 0) is 49.1 Å². The summed E-state index contributed by atoms with van der Waals surface area (Å²) in [6.45, 7) is 5.66. The lowest BCUT2D eigenvalue weighted by Gasteiger charge is -2.44. The van der Waals surface area contributed by atoms with Gasteiger partial charge in [0, 0.05) is 0 Å². The van der Waals surface area contributed by atoms with Gasteiger partial charge in [-0.15, -0.1) is 0 Å². The number of rotatable bonds is 5. The van der Waals surface area contributed by atoms with Crippen LogP contribution in [0.5, 0.6) is 0 Å². The fourth-order valence-electron chi connectivity index (χ4n) is 4.01. The van der Waals surface area contributed by atoms with E-state index in [2.05, 4.69) is 0 Å². The molecule has 0 aromatic heterocycles. The van der Waals surface area contributed by atoms with Crippen molar-refractivity contribution in [2.24, 2.45) is 0 Å². The minimum Gasteiger partial charge on any atom is -0.477 e. The highest BCUT2D eigenvalue weighted by Gasteiger charge is 2.42. The molecule has 0 spiro atoms. The van der Waals surface area contributed by atoms with Gasteiger partial charge in [-0.3, -0.25) is 9.69 Å². The van der Waals surface area contributed by atoms with Crippen LogP contribution in [-0.4, -0.2) is 28.2 Å². The zero-order valence-corrected chi connectivity index (χ0v) is 18.1. The third-order valence-corrected chi connectivity index (χ3v) is 5.96. The van der Waals surface area contributed by atoms with E-state index in [1.54, 1.807) is 4.90 Å². The number of allylic oxidation sites excluding steroid dienone is 1. The molecule has 1 unspecified atom stereocenters. The summed E-state index contributed by atoms with van der Waals surface area (Å²) in [7, 11) is 0. The second kappa shape index (κ2) is 8.40. The van der Waals surface area contributed by atoms with Gasteiger partial charge < -0.3 is 9.84 Å². The van der Waals surface area contributed by atoms with Crippen molar-refractivity contribution in [3.05, 3.63) is 102 Å². The molecule has 3 aromatic carbocycles. The van der Waals surface area contributed by atoms with Crippen LogP contribution in [-0.2, 0) is 9.53 Å². The lowest BCUT2D eigenvalue weighted by atomic mass is 9.87. The van der Waals surface area contributed by atoms with E-state index in [-0.39, 0.29) is 12.6 Å². The van der Waals surface area contributed by atoms with Gasteiger partial charge in [0.25, 0.3) is 5.91 Å². The molecule has 4 nitrogen and oxygen atoms in total. The molecule has 0 saturated carbocycles. The SMILES string of the molecule is CC1=C(c2ccccc2)C(=O)N(C(C)(C)C(O)c2cccc(-c3ccccc3)c2)CO1. The molecule has 0 bridgehead atoms. The molecule has 3 aromatic rings. The summed E-state index contributed by atoms with van der Waals surface area (Å²) in [4.78, 5) is 15.1. The molecular formula is C27H27NO3. The van der Waals surface area contributed by atoms with Crippen molar-refractivity contribution in [3.63, 3.8) is 0 Å². The van der Waals surface area contributed by atoms with Crippen molar-refractivity contribution in [2.75, 3.05) is 6.73 Å². The first-order valence-electron chi connectivity index (χ1n) is 10.4. The average molecular weight is 414 g/mol. The van der Waals surface area contributed by atoms with Gasteiger partial charge >= 0.3 is 0 Å². The van der Waals surface area contributed by atoms with E-state index in [4.69, 9.17) is 4.74 Å². The summed E-state index contributed by atoms with van der Waals surface area (Å²) in [6.07, 6.45) is -0.890. The molecule has 158 valence electrons.